The zero-order chi connectivity index (χ0) is 20.8. The Balaban J connectivity index is 1.72. The lowest BCUT2D eigenvalue weighted by molar-refractivity contribution is -0.116. The summed E-state index contributed by atoms with van der Waals surface area (Å²) in [5.41, 5.74) is 1.61. The molecule has 3 N–H and O–H groups in total. The van der Waals surface area contributed by atoms with Gasteiger partial charge < -0.3 is 10.6 Å². The minimum Gasteiger partial charge on any atom is -0.331 e. The molecule has 3 rings (SSSR count). The minimum atomic E-state index is -0.317. The van der Waals surface area contributed by atoms with E-state index < -0.39 is 0 Å². The molecule has 3 aromatic carbocycles. The molecule has 0 aliphatic rings. The van der Waals surface area contributed by atoms with Gasteiger partial charge in [-0.25, -0.2) is 0 Å². The Morgan fingerprint density at radius 1 is 1.00 bits per heavy atom. The first-order chi connectivity index (χ1) is 14.0. The molecule has 0 aromatic heterocycles. The lowest BCUT2D eigenvalue weighted by Gasteiger charge is -2.13. The van der Waals surface area contributed by atoms with Crippen molar-refractivity contribution in [2.75, 3.05) is 10.6 Å². The highest BCUT2D eigenvalue weighted by molar-refractivity contribution is 7.80. The van der Waals surface area contributed by atoms with Crippen LogP contribution in [-0.4, -0.2) is 16.9 Å². The first-order valence-electron chi connectivity index (χ1n) is 9.17. The van der Waals surface area contributed by atoms with Crippen molar-refractivity contribution in [3.8, 4) is 0 Å². The van der Waals surface area contributed by atoms with E-state index in [-0.39, 0.29) is 16.9 Å². The third-order valence-corrected chi connectivity index (χ3v) is 4.77. The van der Waals surface area contributed by atoms with Crippen LogP contribution in [0.1, 0.15) is 30.1 Å². The third-order valence-electron chi connectivity index (χ3n) is 4.24. The average molecular weight is 426 g/mol. The van der Waals surface area contributed by atoms with Gasteiger partial charge in [0.1, 0.15) is 0 Å². The van der Waals surface area contributed by atoms with E-state index in [0.717, 1.165) is 17.2 Å². The first-order valence-corrected chi connectivity index (χ1v) is 9.96. The van der Waals surface area contributed by atoms with E-state index in [1.54, 1.807) is 24.3 Å². The Labute approximate surface area is 179 Å². The second-order valence-electron chi connectivity index (χ2n) is 6.43. The van der Waals surface area contributed by atoms with Crippen LogP contribution in [0.4, 0.5) is 11.4 Å². The number of halogens is 1. The van der Waals surface area contributed by atoms with Gasteiger partial charge in [-0.3, -0.25) is 14.9 Å². The molecule has 0 unspecified atom stereocenters. The van der Waals surface area contributed by atoms with E-state index in [1.807, 2.05) is 43.3 Å². The van der Waals surface area contributed by atoms with Crippen LogP contribution in [-0.2, 0) is 4.79 Å². The predicted molar refractivity (Wildman–Crippen MR) is 123 cm³/mol. The van der Waals surface area contributed by atoms with Crippen LogP contribution in [0.2, 0.25) is 5.02 Å². The molecule has 29 heavy (non-hydrogen) atoms. The smallest absolute Gasteiger partial charge is 0.258 e. The number of carbonyl (C=O) groups is 2. The molecule has 0 fully saturated rings. The molecule has 0 spiro atoms. The molecule has 0 heterocycles. The van der Waals surface area contributed by atoms with Crippen molar-refractivity contribution in [2.45, 2.75) is 19.8 Å². The number of carbonyl (C=O) groups excluding carboxylic acids is 2. The van der Waals surface area contributed by atoms with Crippen LogP contribution in [0.3, 0.4) is 0 Å². The molecule has 2 amide bonds. The largest absolute Gasteiger partial charge is 0.331 e. The van der Waals surface area contributed by atoms with E-state index in [0.29, 0.717) is 28.4 Å². The number of hydrogen-bond donors (Lipinski definition) is 3. The van der Waals surface area contributed by atoms with Crippen LogP contribution in [0, 0.1) is 0 Å². The van der Waals surface area contributed by atoms with Gasteiger partial charge in [0.15, 0.2) is 5.11 Å². The molecular formula is C22H20ClN3O2S. The number of thiocarbonyl (C=S) groups is 1. The summed E-state index contributed by atoms with van der Waals surface area (Å²) in [5, 5.41) is 10.7. The van der Waals surface area contributed by atoms with Crippen molar-refractivity contribution >= 4 is 62.9 Å². The molecule has 0 radical (unpaired) electrons. The summed E-state index contributed by atoms with van der Waals surface area (Å²) in [6.07, 6.45) is 1.19. The topological polar surface area (TPSA) is 70.2 Å². The molecule has 0 bridgehead atoms. The highest BCUT2D eigenvalue weighted by Gasteiger charge is 2.13. The maximum absolute atomic E-state index is 12.7. The molecule has 0 saturated carbocycles. The molecule has 7 heteroatoms. The number of fused-ring (bicyclic) bond motifs is 1. The normalized spacial score (nSPS) is 10.4. The predicted octanol–water partition coefficient (Wildman–Crippen LogP) is 5.36. The van der Waals surface area contributed by atoms with Crippen LogP contribution in [0.25, 0.3) is 10.8 Å². The number of nitrogens with one attached hydrogen (secondary N) is 3. The van der Waals surface area contributed by atoms with Crippen LogP contribution in [0.5, 0.6) is 0 Å². The zero-order valence-corrected chi connectivity index (χ0v) is 17.4. The van der Waals surface area contributed by atoms with Gasteiger partial charge in [0.2, 0.25) is 5.91 Å². The number of rotatable bonds is 5. The molecule has 0 aliphatic heterocycles. The Morgan fingerprint density at radius 2 is 1.76 bits per heavy atom. The monoisotopic (exact) mass is 425 g/mol. The van der Waals surface area contributed by atoms with Gasteiger partial charge in [0, 0.05) is 17.7 Å². The lowest BCUT2D eigenvalue weighted by atomic mass is 10.0. The van der Waals surface area contributed by atoms with Gasteiger partial charge in [-0.05, 0) is 53.7 Å². The summed E-state index contributed by atoms with van der Waals surface area (Å²) in [6.45, 7) is 1.94. The fourth-order valence-electron chi connectivity index (χ4n) is 2.90. The van der Waals surface area contributed by atoms with Crippen molar-refractivity contribution in [1.29, 1.82) is 0 Å². The molecule has 0 aliphatic carbocycles. The maximum atomic E-state index is 12.7. The van der Waals surface area contributed by atoms with Crippen LogP contribution >= 0.6 is 23.8 Å². The quantitative estimate of drug-likeness (QED) is 0.481. The van der Waals surface area contributed by atoms with Crippen LogP contribution < -0.4 is 16.0 Å². The minimum absolute atomic E-state index is 0.0763. The van der Waals surface area contributed by atoms with Gasteiger partial charge in [0.05, 0.1) is 10.7 Å². The van der Waals surface area contributed by atoms with E-state index >= 15 is 0 Å². The Bertz CT molecular complexity index is 1080. The first kappa shape index (κ1) is 20.8. The number of benzene rings is 3. The van der Waals surface area contributed by atoms with Gasteiger partial charge in [-0.1, -0.05) is 54.9 Å². The van der Waals surface area contributed by atoms with Crippen molar-refractivity contribution in [2.24, 2.45) is 0 Å². The SMILES string of the molecule is CCCC(=O)Nc1ccc(Cl)c(NC(=S)NC(=O)c2cccc3ccccc23)c1. The molecular weight excluding hydrogens is 406 g/mol. The van der Waals surface area contributed by atoms with Crippen molar-refractivity contribution in [3.63, 3.8) is 0 Å². The molecule has 0 atom stereocenters. The highest BCUT2D eigenvalue weighted by atomic mass is 35.5. The standard InChI is InChI=1S/C22H20ClN3O2S/c1-2-6-20(27)24-15-11-12-18(23)19(13-15)25-22(29)26-21(28)17-10-5-8-14-7-3-4-9-16(14)17/h3-5,7-13H,2,6H2,1H3,(H,24,27)(H2,25,26,28,29). The van der Waals surface area contributed by atoms with Crippen molar-refractivity contribution in [1.82, 2.24) is 5.32 Å². The summed E-state index contributed by atoms with van der Waals surface area (Å²) in [4.78, 5) is 24.5. The van der Waals surface area contributed by atoms with E-state index in [4.69, 9.17) is 23.8 Å². The van der Waals surface area contributed by atoms with Crippen molar-refractivity contribution in [3.05, 3.63) is 71.2 Å². The Kier molecular flexibility index (Phi) is 6.80. The summed E-state index contributed by atoms with van der Waals surface area (Å²) >= 11 is 11.5. The molecule has 148 valence electrons. The Hall–Kier alpha value is -2.96. The number of hydrogen-bond acceptors (Lipinski definition) is 3. The summed E-state index contributed by atoms with van der Waals surface area (Å²) in [6, 6.07) is 18.2. The summed E-state index contributed by atoms with van der Waals surface area (Å²) in [5.74, 6) is -0.393. The maximum Gasteiger partial charge on any atom is 0.258 e. The fraction of sp³-hybridized carbons (Fsp3) is 0.136. The number of amides is 2. The van der Waals surface area contributed by atoms with Gasteiger partial charge in [0.25, 0.3) is 5.91 Å². The highest BCUT2D eigenvalue weighted by Crippen LogP contribution is 2.26. The van der Waals surface area contributed by atoms with Gasteiger partial charge in [-0.2, -0.15) is 0 Å². The average Bonchev–Trinajstić information content (AvgIpc) is 2.70. The fourth-order valence-corrected chi connectivity index (χ4v) is 3.26. The second-order valence-corrected chi connectivity index (χ2v) is 7.24. The molecule has 0 saturated heterocycles. The summed E-state index contributed by atoms with van der Waals surface area (Å²) in [7, 11) is 0. The van der Waals surface area contributed by atoms with E-state index in [2.05, 4.69) is 16.0 Å². The Morgan fingerprint density at radius 3 is 2.55 bits per heavy atom. The second kappa shape index (κ2) is 9.49. The van der Waals surface area contributed by atoms with E-state index in [9.17, 15) is 9.59 Å². The number of anilines is 2. The summed E-state index contributed by atoms with van der Waals surface area (Å²) < 4.78 is 0. The molecule has 5 nitrogen and oxygen atoms in total. The van der Waals surface area contributed by atoms with Crippen LogP contribution in [0.15, 0.2) is 60.7 Å². The zero-order valence-electron chi connectivity index (χ0n) is 15.8. The lowest BCUT2D eigenvalue weighted by Crippen LogP contribution is -2.34. The van der Waals surface area contributed by atoms with E-state index in [1.165, 1.54) is 0 Å². The third kappa shape index (κ3) is 5.31. The molecule has 3 aromatic rings. The van der Waals surface area contributed by atoms with Gasteiger partial charge >= 0.3 is 0 Å². The van der Waals surface area contributed by atoms with Gasteiger partial charge in [-0.15, -0.1) is 0 Å². The van der Waals surface area contributed by atoms with Crippen molar-refractivity contribution < 1.29 is 9.59 Å².